The van der Waals surface area contributed by atoms with E-state index < -0.39 is 16.9 Å². The maximum absolute atomic E-state index is 14.6. The maximum Gasteiger partial charge on any atom is 0.133 e. The molecule has 0 spiro atoms. The number of hydrogen-bond donors (Lipinski definition) is 0. The van der Waals surface area contributed by atoms with Crippen molar-refractivity contribution in [3.05, 3.63) is 176 Å². The molecule has 6 aromatic rings. The zero-order chi connectivity index (χ0) is 73.9. The van der Waals surface area contributed by atoms with Crippen LogP contribution in [0.4, 0.5) is 4.39 Å². The molecule has 2 aliphatic rings. The Kier molecular flexibility index (Phi) is 46.3. The summed E-state index contributed by atoms with van der Waals surface area (Å²) in [6.45, 7) is 39.2. The van der Waals surface area contributed by atoms with E-state index in [1.807, 2.05) is 97.0 Å². The normalized spacial score (nSPS) is 14.9. The number of aryl methyl sites for hydroxylation is 2. The highest BCUT2D eigenvalue weighted by Crippen LogP contribution is 2.43. The van der Waals surface area contributed by atoms with Crippen molar-refractivity contribution in [2.24, 2.45) is 0 Å². The Morgan fingerprint density at radius 2 is 0.729 bits per heavy atom. The van der Waals surface area contributed by atoms with E-state index in [0.29, 0.717) is 94.6 Å². The van der Waals surface area contributed by atoms with Crippen LogP contribution in [0.3, 0.4) is 0 Å². The highest BCUT2D eigenvalue weighted by molar-refractivity contribution is 5.51. The minimum atomic E-state index is -1.33. The van der Waals surface area contributed by atoms with Crippen LogP contribution in [0.15, 0.2) is 109 Å². The zero-order valence-electron chi connectivity index (χ0n) is 66.0. The van der Waals surface area contributed by atoms with Gasteiger partial charge in [0, 0.05) is 61.8 Å². The molecule has 0 radical (unpaired) electrons. The van der Waals surface area contributed by atoms with Gasteiger partial charge in [-0.2, -0.15) is 0 Å². The molecule has 13 heteroatoms. The summed E-state index contributed by atoms with van der Waals surface area (Å²) in [6.07, 6.45) is 15.4. The van der Waals surface area contributed by atoms with E-state index in [1.165, 1.54) is 55.2 Å². The lowest BCUT2D eigenvalue weighted by atomic mass is 9.84. The second-order valence-corrected chi connectivity index (χ2v) is 30.1. The lowest BCUT2D eigenvalue weighted by Crippen LogP contribution is -2.27. The van der Waals surface area contributed by atoms with E-state index in [4.69, 9.17) is 56.8 Å². The number of benzene rings is 6. The molecule has 6 aromatic carbocycles. The summed E-state index contributed by atoms with van der Waals surface area (Å²) in [6, 6.07) is 37.0. The predicted molar refractivity (Wildman–Crippen MR) is 451 cm³/mol. The SMILES string of the molecule is C.C.C.C.C.C.CCC(C)(F)c1ccc(OCCOc2c(COC3CCCCC3)cc(C(C)(C)C)cc2COC2CCCCC2)cc1.CCC(C)c1ccc(OCCOc2c(C(C)(C)OC)cc(C)cc2C(C)(C)OC)cc1.CCC(C)c1ccc(OCCOc2c(C(C)OC)cc(C)cc2C(C)OC)cc1. The lowest BCUT2D eigenvalue weighted by molar-refractivity contribution is 0.00819. The van der Waals surface area contributed by atoms with Gasteiger partial charge in [0.1, 0.15) is 79.8 Å². The van der Waals surface area contributed by atoms with Crippen molar-refractivity contribution in [2.45, 2.75) is 317 Å². The molecule has 8 rings (SSSR count). The molecule has 107 heavy (non-hydrogen) atoms. The van der Waals surface area contributed by atoms with Crippen molar-refractivity contribution >= 4 is 0 Å². The number of rotatable bonds is 35. The van der Waals surface area contributed by atoms with Gasteiger partial charge >= 0.3 is 0 Å². The summed E-state index contributed by atoms with van der Waals surface area (Å²) >= 11 is 0. The molecule has 0 aliphatic heterocycles. The highest BCUT2D eigenvalue weighted by Gasteiger charge is 2.33. The third-order valence-corrected chi connectivity index (χ3v) is 20.6. The summed E-state index contributed by atoms with van der Waals surface area (Å²) in [5.41, 5.74) is 10.9. The Bertz CT molecular complexity index is 3250. The second-order valence-electron chi connectivity index (χ2n) is 30.1. The van der Waals surface area contributed by atoms with Crippen LogP contribution >= 0.6 is 0 Å². The van der Waals surface area contributed by atoms with Gasteiger partial charge in [-0.15, -0.1) is 0 Å². The van der Waals surface area contributed by atoms with Gasteiger partial charge in [0.15, 0.2) is 0 Å². The molecule has 0 saturated heterocycles. The van der Waals surface area contributed by atoms with E-state index in [1.54, 1.807) is 35.4 Å². The van der Waals surface area contributed by atoms with Gasteiger partial charge in [-0.1, -0.05) is 186 Å². The van der Waals surface area contributed by atoms with Crippen molar-refractivity contribution in [1.29, 1.82) is 0 Å². The van der Waals surface area contributed by atoms with Gasteiger partial charge < -0.3 is 56.8 Å². The van der Waals surface area contributed by atoms with Crippen LogP contribution < -0.4 is 28.4 Å². The van der Waals surface area contributed by atoms with Gasteiger partial charge in [-0.25, -0.2) is 4.39 Å². The third-order valence-electron chi connectivity index (χ3n) is 20.6. The van der Waals surface area contributed by atoms with Gasteiger partial charge in [0.2, 0.25) is 0 Å². The molecule has 0 bridgehead atoms. The Morgan fingerprint density at radius 1 is 0.402 bits per heavy atom. The number of halogens is 1. The van der Waals surface area contributed by atoms with Crippen molar-refractivity contribution in [1.82, 2.24) is 0 Å². The van der Waals surface area contributed by atoms with E-state index in [-0.39, 0.29) is 62.2 Å². The van der Waals surface area contributed by atoms with Crippen molar-refractivity contribution in [3.8, 4) is 34.5 Å². The summed E-state index contributed by atoms with van der Waals surface area (Å²) in [5, 5.41) is 0. The third kappa shape index (κ3) is 30.9. The molecule has 5 atom stereocenters. The summed E-state index contributed by atoms with van der Waals surface area (Å²) in [5.74, 6) is 6.07. The van der Waals surface area contributed by atoms with Gasteiger partial charge in [0.25, 0.3) is 0 Å². The first-order valence-corrected chi connectivity index (χ1v) is 37.7. The number of hydrogen-bond acceptors (Lipinski definition) is 12. The molecule has 608 valence electrons. The molecule has 2 saturated carbocycles. The van der Waals surface area contributed by atoms with Crippen LogP contribution in [0.5, 0.6) is 34.5 Å². The fourth-order valence-electron chi connectivity index (χ4n) is 12.6. The Labute approximate surface area is 653 Å². The Morgan fingerprint density at radius 3 is 1.06 bits per heavy atom. The first-order chi connectivity index (χ1) is 48.1. The predicted octanol–water partition coefficient (Wildman–Crippen LogP) is 26.7. The summed E-state index contributed by atoms with van der Waals surface area (Å²) < 4.78 is 87.1. The van der Waals surface area contributed by atoms with E-state index in [2.05, 4.69) is 123 Å². The van der Waals surface area contributed by atoms with Crippen LogP contribution in [-0.2, 0) is 63.9 Å². The fraction of sp³-hybridized carbons (Fsp3) is 0.617. The van der Waals surface area contributed by atoms with Crippen LogP contribution in [-0.4, -0.2) is 80.3 Å². The summed E-state index contributed by atoms with van der Waals surface area (Å²) in [7, 11) is 6.86. The molecule has 12 nitrogen and oxygen atoms in total. The zero-order valence-corrected chi connectivity index (χ0v) is 66.0. The minimum absolute atomic E-state index is 0. The maximum atomic E-state index is 14.6. The van der Waals surface area contributed by atoms with Crippen LogP contribution in [0.1, 0.15) is 323 Å². The lowest BCUT2D eigenvalue weighted by Gasteiger charge is -2.32. The van der Waals surface area contributed by atoms with E-state index >= 15 is 0 Å². The molecular weight excluding hydrogens is 1340 g/mol. The van der Waals surface area contributed by atoms with Gasteiger partial charge in [-0.3, -0.25) is 0 Å². The number of alkyl halides is 1. The molecule has 0 aromatic heterocycles. The largest absolute Gasteiger partial charge is 0.490 e. The quantitative estimate of drug-likeness (QED) is 0.0353. The van der Waals surface area contributed by atoms with Crippen molar-refractivity contribution < 1.29 is 61.2 Å². The molecule has 0 amide bonds. The molecule has 0 N–H and O–H groups in total. The average Bonchev–Trinajstić information content (AvgIpc) is 0.777. The van der Waals surface area contributed by atoms with E-state index in [0.717, 1.165) is 112 Å². The monoisotopic (exact) mass is 1490 g/mol. The Hall–Kier alpha value is -6.19. The molecule has 2 aliphatic carbocycles. The molecule has 5 unspecified atom stereocenters. The first-order valence-electron chi connectivity index (χ1n) is 37.7. The van der Waals surface area contributed by atoms with Gasteiger partial charge in [0.05, 0.1) is 48.8 Å². The first kappa shape index (κ1) is 101. The second kappa shape index (κ2) is 49.1. The summed E-state index contributed by atoms with van der Waals surface area (Å²) in [4.78, 5) is 0. The number of ether oxygens (including phenoxy) is 12. The highest BCUT2D eigenvalue weighted by atomic mass is 19.1. The van der Waals surface area contributed by atoms with E-state index in [9.17, 15) is 4.39 Å². The minimum Gasteiger partial charge on any atom is -0.490 e. The molecular formula is C94H153FO12. The van der Waals surface area contributed by atoms with Crippen LogP contribution in [0, 0.1) is 13.8 Å². The Balaban J connectivity index is 0.00000156. The molecule has 2 fully saturated rings. The smallest absolute Gasteiger partial charge is 0.133 e. The molecule has 0 heterocycles. The fourth-order valence-corrected chi connectivity index (χ4v) is 12.6. The average molecular weight is 1490 g/mol. The van der Waals surface area contributed by atoms with Gasteiger partial charge in [-0.05, 0) is 220 Å². The van der Waals surface area contributed by atoms with Crippen LogP contribution in [0.2, 0.25) is 0 Å². The number of methoxy groups -OCH3 is 4. The van der Waals surface area contributed by atoms with Crippen LogP contribution in [0.25, 0.3) is 0 Å². The van der Waals surface area contributed by atoms with Crippen molar-refractivity contribution in [3.63, 3.8) is 0 Å². The topological polar surface area (TPSA) is 111 Å². The van der Waals surface area contributed by atoms with Crippen molar-refractivity contribution in [2.75, 3.05) is 68.1 Å². The standard InChI is InChI=1S/C36H53FO4.C27H40O4.C25H36O4.6CH4/c1-6-36(5,37)29-17-19-33(20-18-29)38-21-22-39-34-27(25-40-31-13-9-7-10-14-31)23-30(35(2,3)4)24-28(34)26-41-32-15-11-8-12-16-32;1-10-20(3)21-11-13-22(14-12-21)30-15-16-31-25-23(26(4,5)28-8)17-19(2)18-24(25)27(6,7)29-9;1-8-18(3)21-9-11-22(12-10-21)28-13-14-29-25-23(19(4)26-6)15-17(2)16-24(25)20(5)27-7;;;;;;/h17-20,23-24,31-32H,6-16,21-22,25-26H2,1-5H3;11-14,17-18,20H,10,15-16H2,1-9H3;9-12,15-16,18-20H,8,13-14H2,1-7H3;6*1H4.